The maximum Gasteiger partial charge on any atom is 0.259 e. The summed E-state index contributed by atoms with van der Waals surface area (Å²) in [6.07, 6.45) is 1.66. The third-order valence-corrected chi connectivity index (χ3v) is 4.19. The lowest BCUT2D eigenvalue weighted by Crippen LogP contribution is -2.13. The van der Waals surface area contributed by atoms with Gasteiger partial charge in [0.1, 0.15) is 11.6 Å². The molecule has 0 radical (unpaired) electrons. The van der Waals surface area contributed by atoms with E-state index in [4.69, 9.17) is 0 Å². The van der Waals surface area contributed by atoms with E-state index in [2.05, 4.69) is 15.5 Å². The Bertz CT molecular complexity index is 1170. The molecule has 0 aliphatic rings. The molecule has 0 spiro atoms. The minimum Gasteiger partial charge on any atom is -0.506 e. The number of amides is 1. The molecule has 0 fully saturated rings. The zero-order valence-corrected chi connectivity index (χ0v) is 14.3. The second kappa shape index (κ2) is 6.53. The van der Waals surface area contributed by atoms with Gasteiger partial charge in [-0.1, -0.05) is 18.2 Å². The van der Waals surface area contributed by atoms with Gasteiger partial charge in [0.05, 0.1) is 16.8 Å². The molecule has 4 rings (SSSR count). The van der Waals surface area contributed by atoms with E-state index in [1.165, 1.54) is 12.1 Å². The number of fused-ring (bicyclic) bond motifs is 1. The van der Waals surface area contributed by atoms with Gasteiger partial charge < -0.3 is 10.4 Å². The molecule has 0 bridgehead atoms. The maximum atomic E-state index is 14.1. The number of halogens is 1. The number of pyridine rings is 1. The standard InChI is InChI=1S/C20H15FN4O2/c1-12-8-9-17(26)16(11-12)22-20(27)14-6-4-10-25-18(23-24-19(14)25)13-5-2-3-7-15(13)21/h2-11,26H,1H3,(H,22,27). The highest BCUT2D eigenvalue weighted by atomic mass is 19.1. The fraction of sp³-hybridized carbons (Fsp3) is 0.0500. The highest BCUT2D eigenvalue weighted by Gasteiger charge is 2.18. The molecule has 0 aliphatic carbocycles. The molecule has 0 unspecified atom stereocenters. The van der Waals surface area contributed by atoms with E-state index in [0.29, 0.717) is 22.7 Å². The molecule has 6 nitrogen and oxygen atoms in total. The van der Waals surface area contributed by atoms with Crippen molar-refractivity contribution in [2.24, 2.45) is 0 Å². The van der Waals surface area contributed by atoms with Crippen LogP contribution in [0.2, 0.25) is 0 Å². The number of carbonyl (C=O) groups is 1. The first-order valence-electron chi connectivity index (χ1n) is 8.24. The summed E-state index contributed by atoms with van der Waals surface area (Å²) in [5.41, 5.74) is 2.04. The van der Waals surface area contributed by atoms with Crippen LogP contribution in [0.1, 0.15) is 15.9 Å². The van der Waals surface area contributed by atoms with Crippen LogP contribution in [0.3, 0.4) is 0 Å². The first-order valence-corrected chi connectivity index (χ1v) is 8.24. The van der Waals surface area contributed by atoms with E-state index in [-0.39, 0.29) is 11.3 Å². The van der Waals surface area contributed by atoms with E-state index < -0.39 is 11.7 Å². The second-order valence-electron chi connectivity index (χ2n) is 6.09. The van der Waals surface area contributed by atoms with Gasteiger partial charge in [0, 0.05) is 6.20 Å². The summed E-state index contributed by atoms with van der Waals surface area (Å²) in [6.45, 7) is 1.86. The minimum atomic E-state index is -0.450. The number of nitrogens with zero attached hydrogens (tertiary/aromatic N) is 3. The molecule has 4 aromatic rings. The molecule has 27 heavy (non-hydrogen) atoms. The number of benzene rings is 2. The summed E-state index contributed by atoms with van der Waals surface area (Å²) in [5.74, 6) is -0.606. The van der Waals surface area contributed by atoms with Crippen LogP contribution in [0.5, 0.6) is 5.75 Å². The average molecular weight is 362 g/mol. The Kier molecular flexibility index (Phi) is 4.04. The predicted molar refractivity (Wildman–Crippen MR) is 99.2 cm³/mol. The molecule has 2 N–H and O–H groups in total. The lowest BCUT2D eigenvalue weighted by Gasteiger charge is -2.09. The number of aromatic hydroxyl groups is 1. The van der Waals surface area contributed by atoms with E-state index in [9.17, 15) is 14.3 Å². The van der Waals surface area contributed by atoms with Gasteiger partial charge in [-0.3, -0.25) is 9.20 Å². The number of phenols is 1. The molecule has 0 atom stereocenters. The Morgan fingerprint density at radius 1 is 1.11 bits per heavy atom. The van der Waals surface area contributed by atoms with Crippen LogP contribution in [0.4, 0.5) is 10.1 Å². The third kappa shape index (κ3) is 2.99. The third-order valence-electron chi connectivity index (χ3n) is 4.19. The highest BCUT2D eigenvalue weighted by Crippen LogP contribution is 2.26. The Balaban J connectivity index is 1.76. The van der Waals surface area contributed by atoms with Gasteiger partial charge in [-0.25, -0.2) is 4.39 Å². The number of aryl methyl sites for hydroxylation is 1. The van der Waals surface area contributed by atoms with Crippen molar-refractivity contribution in [1.29, 1.82) is 0 Å². The van der Waals surface area contributed by atoms with Crippen molar-refractivity contribution >= 4 is 17.2 Å². The lowest BCUT2D eigenvalue weighted by molar-refractivity contribution is 0.102. The summed E-state index contributed by atoms with van der Waals surface area (Å²) in [5, 5.41) is 20.7. The zero-order valence-electron chi connectivity index (χ0n) is 14.3. The van der Waals surface area contributed by atoms with Crippen molar-refractivity contribution in [3.8, 4) is 17.1 Å². The molecule has 2 heterocycles. The van der Waals surface area contributed by atoms with Crippen LogP contribution in [-0.4, -0.2) is 25.6 Å². The molecule has 0 saturated heterocycles. The fourth-order valence-electron chi connectivity index (χ4n) is 2.86. The van der Waals surface area contributed by atoms with Crippen molar-refractivity contribution in [2.75, 3.05) is 5.32 Å². The van der Waals surface area contributed by atoms with Gasteiger partial charge >= 0.3 is 0 Å². The van der Waals surface area contributed by atoms with Crippen LogP contribution in [0.15, 0.2) is 60.8 Å². The number of aromatic nitrogens is 3. The van der Waals surface area contributed by atoms with E-state index >= 15 is 0 Å². The summed E-state index contributed by atoms with van der Waals surface area (Å²) in [7, 11) is 0. The Morgan fingerprint density at radius 2 is 1.93 bits per heavy atom. The number of phenolic OH excluding ortho intramolecular Hbond substituents is 1. The summed E-state index contributed by atoms with van der Waals surface area (Å²) >= 11 is 0. The molecule has 0 saturated carbocycles. The molecule has 2 aromatic heterocycles. The van der Waals surface area contributed by atoms with Crippen LogP contribution < -0.4 is 5.32 Å². The number of nitrogens with one attached hydrogen (secondary N) is 1. The first kappa shape index (κ1) is 16.7. The van der Waals surface area contributed by atoms with Crippen LogP contribution in [-0.2, 0) is 0 Å². The Hall–Kier alpha value is -3.74. The highest BCUT2D eigenvalue weighted by molar-refractivity contribution is 6.08. The van der Waals surface area contributed by atoms with Gasteiger partial charge in [-0.15, -0.1) is 10.2 Å². The Morgan fingerprint density at radius 3 is 2.74 bits per heavy atom. The smallest absolute Gasteiger partial charge is 0.259 e. The van der Waals surface area contributed by atoms with Gasteiger partial charge in [0.2, 0.25) is 0 Å². The van der Waals surface area contributed by atoms with Crippen molar-refractivity contribution in [3.05, 3.63) is 77.7 Å². The quantitative estimate of drug-likeness (QED) is 0.543. The lowest BCUT2D eigenvalue weighted by atomic mass is 10.2. The number of hydrogen-bond acceptors (Lipinski definition) is 4. The summed E-state index contributed by atoms with van der Waals surface area (Å²) in [4.78, 5) is 12.7. The SMILES string of the molecule is Cc1ccc(O)c(NC(=O)c2cccn3c(-c4ccccc4F)nnc23)c1. The first-order chi connectivity index (χ1) is 13.0. The summed E-state index contributed by atoms with van der Waals surface area (Å²) in [6, 6.07) is 14.4. The molecular formula is C20H15FN4O2. The average Bonchev–Trinajstić information content (AvgIpc) is 3.09. The molecule has 2 aromatic carbocycles. The van der Waals surface area contributed by atoms with Gasteiger partial charge in [-0.05, 0) is 48.9 Å². The van der Waals surface area contributed by atoms with Crippen LogP contribution >= 0.6 is 0 Å². The number of carbonyl (C=O) groups excluding carboxylic acids is 1. The predicted octanol–water partition coefficient (Wildman–Crippen LogP) is 3.80. The van der Waals surface area contributed by atoms with E-state index in [0.717, 1.165) is 5.56 Å². The molecule has 1 amide bonds. The molecule has 7 heteroatoms. The maximum absolute atomic E-state index is 14.1. The number of rotatable bonds is 3. The van der Waals surface area contributed by atoms with Crippen molar-refractivity contribution < 1.29 is 14.3 Å². The van der Waals surface area contributed by atoms with Gasteiger partial charge in [0.25, 0.3) is 5.91 Å². The number of anilines is 1. The monoisotopic (exact) mass is 362 g/mol. The Labute approximate surface area is 153 Å². The normalized spacial score (nSPS) is 10.9. The van der Waals surface area contributed by atoms with Crippen molar-refractivity contribution in [1.82, 2.24) is 14.6 Å². The van der Waals surface area contributed by atoms with E-state index in [1.54, 1.807) is 53.1 Å². The van der Waals surface area contributed by atoms with Gasteiger partial charge in [0.15, 0.2) is 11.5 Å². The molecule has 0 aliphatic heterocycles. The molecular weight excluding hydrogens is 347 g/mol. The van der Waals surface area contributed by atoms with Crippen LogP contribution in [0, 0.1) is 12.7 Å². The zero-order chi connectivity index (χ0) is 19.0. The topological polar surface area (TPSA) is 79.5 Å². The number of hydrogen-bond donors (Lipinski definition) is 2. The minimum absolute atomic E-state index is 0.0329. The fourth-order valence-corrected chi connectivity index (χ4v) is 2.86. The largest absolute Gasteiger partial charge is 0.506 e. The van der Waals surface area contributed by atoms with Crippen LogP contribution in [0.25, 0.3) is 17.0 Å². The second-order valence-corrected chi connectivity index (χ2v) is 6.09. The van der Waals surface area contributed by atoms with E-state index in [1.807, 2.05) is 6.92 Å². The van der Waals surface area contributed by atoms with Gasteiger partial charge in [-0.2, -0.15) is 0 Å². The molecule has 134 valence electrons. The summed E-state index contributed by atoms with van der Waals surface area (Å²) < 4.78 is 15.7. The van der Waals surface area contributed by atoms with Crippen molar-refractivity contribution in [3.63, 3.8) is 0 Å². The van der Waals surface area contributed by atoms with Crippen molar-refractivity contribution in [2.45, 2.75) is 6.92 Å².